The van der Waals surface area contributed by atoms with Gasteiger partial charge in [0.2, 0.25) is 5.91 Å². The van der Waals surface area contributed by atoms with E-state index in [1.165, 1.54) is 30.0 Å². The number of aromatic nitrogens is 3. The number of benzene rings is 2. The molecule has 3 aromatic rings. The molecule has 0 radical (unpaired) electrons. The summed E-state index contributed by atoms with van der Waals surface area (Å²) >= 11 is 7.29. The first-order valence-electron chi connectivity index (χ1n) is 8.88. The van der Waals surface area contributed by atoms with Gasteiger partial charge in [-0.1, -0.05) is 53.7 Å². The summed E-state index contributed by atoms with van der Waals surface area (Å²) in [4.78, 5) is 12.1. The number of amides is 1. The number of hydrogen-bond acceptors (Lipinski definition) is 5. The smallest absolute Gasteiger partial charge is 0.230 e. The second-order valence-electron chi connectivity index (χ2n) is 6.29. The molecule has 1 atom stereocenters. The highest BCUT2D eigenvalue weighted by molar-refractivity contribution is 7.99. The van der Waals surface area contributed by atoms with Crippen LogP contribution in [0.25, 0.3) is 0 Å². The van der Waals surface area contributed by atoms with E-state index in [2.05, 4.69) is 15.5 Å². The standard InChI is InChI=1S/C20H20ClFN4O2S/c1-13(28-17-9-8-15(22)10-16(17)21)19-24-25-20(26(19)2)29-12-18(27)23-11-14-6-4-3-5-7-14/h3-10,13H,11-12H2,1-2H3,(H,23,27). The maximum absolute atomic E-state index is 13.2. The molecule has 0 spiro atoms. The largest absolute Gasteiger partial charge is 0.481 e. The number of rotatable bonds is 8. The molecule has 0 saturated heterocycles. The summed E-state index contributed by atoms with van der Waals surface area (Å²) in [7, 11) is 1.80. The quantitative estimate of drug-likeness (QED) is 0.539. The van der Waals surface area contributed by atoms with Crippen LogP contribution < -0.4 is 10.1 Å². The van der Waals surface area contributed by atoms with Crippen LogP contribution >= 0.6 is 23.4 Å². The summed E-state index contributed by atoms with van der Waals surface area (Å²) in [5, 5.41) is 11.9. The van der Waals surface area contributed by atoms with Gasteiger partial charge in [0.15, 0.2) is 17.1 Å². The second kappa shape index (κ2) is 9.76. The van der Waals surface area contributed by atoms with Gasteiger partial charge < -0.3 is 14.6 Å². The highest BCUT2D eigenvalue weighted by Gasteiger charge is 2.19. The Labute approximate surface area is 177 Å². The zero-order chi connectivity index (χ0) is 20.8. The van der Waals surface area contributed by atoms with Crippen molar-refractivity contribution >= 4 is 29.3 Å². The lowest BCUT2D eigenvalue weighted by molar-refractivity contribution is -0.118. The van der Waals surface area contributed by atoms with Crippen molar-refractivity contribution in [1.82, 2.24) is 20.1 Å². The molecule has 0 aliphatic heterocycles. The number of carbonyl (C=O) groups excluding carboxylic acids is 1. The molecular formula is C20H20ClFN4O2S. The second-order valence-corrected chi connectivity index (χ2v) is 7.64. The summed E-state index contributed by atoms with van der Waals surface area (Å²) in [6.45, 7) is 2.28. The topological polar surface area (TPSA) is 69.0 Å². The average molecular weight is 435 g/mol. The zero-order valence-corrected chi connectivity index (χ0v) is 17.5. The van der Waals surface area contributed by atoms with Gasteiger partial charge in [-0.3, -0.25) is 4.79 Å². The van der Waals surface area contributed by atoms with Gasteiger partial charge in [-0.05, 0) is 30.7 Å². The van der Waals surface area contributed by atoms with Crippen LogP contribution in [-0.4, -0.2) is 26.4 Å². The van der Waals surface area contributed by atoms with E-state index >= 15 is 0 Å². The third-order valence-electron chi connectivity index (χ3n) is 4.09. The van der Waals surface area contributed by atoms with E-state index in [0.717, 1.165) is 5.56 Å². The molecular weight excluding hydrogens is 415 g/mol. The molecule has 3 rings (SSSR count). The van der Waals surface area contributed by atoms with Gasteiger partial charge in [-0.15, -0.1) is 10.2 Å². The van der Waals surface area contributed by atoms with Crippen LogP contribution in [0.2, 0.25) is 5.02 Å². The van der Waals surface area contributed by atoms with Crippen LogP contribution in [0.15, 0.2) is 53.7 Å². The Morgan fingerprint density at radius 2 is 2.03 bits per heavy atom. The molecule has 6 nitrogen and oxygen atoms in total. The lowest BCUT2D eigenvalue weighted by atomic mass is 10.2. The van der Waals surface area contributed by atoms with E-state index < -0.39 is 11.9 Å². The maximum Gasteiger partial charge on any atom is 0.230 e. The lowest BCUT2D eigenvalue weighted by Gasteiger charge is -2.15. The summed E-state index contributed by atoms with van der Waals surface area (Å²) in [6, 6.07) is 13.6. The fourth-order valence-electron chi connectivity index (χ4n) is 2.60. The SMILES string of the molecule is CC(Oc1ccc(F)cc1Cl)c1nnc(SCC(=O)NCc2ccccc2)n1C. The van der Waals surface area contributed by atoms with E-state index in [4.69, 9.17) is 16.3 Å². The summed E-state index contributed by atoms with van der Waals surface area (Å²) < 4.78 is 20.7. The Hall–Kier alpha value is -2.58. The van der Waals surface area contributed by atoms with Crippen LogP contribution in [-0.2, 0) is 18.4 Å². The minimum Gasteiger partial charge on any atom is -0.481 e. The van der Waals surface area contributed by atoms with Crippen LogP contribution in [0.4, 0.5) is 4.39 Å². The van der Waals surface area contributed by atoms with Crippen LogP contribution in [0.1, 0.15) is 24.4 Å². The molecule has 1 amide bonds. The van der Waals surface area contributed by atoms with Crippen molar-refractivity contribution < 1.29 is 13.9 Å². The number of nitrogens with zero attached hydrogens (tertiary/aromatic N) is 3. The average Bonchev–Trinajstić information content (AvgIpc) is 3.08. The Bertz CT molecular complexity index is 984. The van der Waals surface area contributed by atoms with Crippen molar-refractivity contribution in [1.29, 1.82) is 0 Å². The van der Waals surface area contributed by atoms with Crippen LogP contribution in [0.5, 0.6) is 5.75 Å². The first-order valence-corrected chi connectivity index (χ1v) is 10.2. The molecule has 2 aromatic carbocycles. The van der Waals surface area contributed by atoms with Crippen molar-refractivity contribution in [3.8, 4) is 5.75 Å². The minimum atomic E-state index is -0.461. The predicted molar refractivity (Wildman–Crippen MR) is 110 cm³/mol. The molecule has 29 heavy (non-hydrogen) atoms. The highest BCUT2D eigenvalue weighted by atomic mass is 35.5. The molecule has 152 valence electrons. The number of nitrogens with one attached hydrogen (secondary N) is 1. The fraction of sp³-hybridized carbons (Fsp3) is 0.250. The van der Waals surface area contributed by atoms with Crippen molar-refractivity contribution in [2.24, 2.45) is 7.05 Å². The first kappa shape index (κ1) is 21.1. The van der Waals surface area contributed by atoms with E-state index in [1.807, 2.05) is 30.3 Å². The van der Waals surface area contributed by atoms with E-state index in [-0.39, 0.29) is 16.7 Å². The fourth-order valence-corrected chi connectivity index (χ4v) is 3.56. The van der Waals surface area contributed by atoms with Gasteiger partial charge in [-0.2, -0.15) is 0 Å². The molecule has 0 fully saturated rings. The van der Waals surface area contributed by atoms with Gasteiger partial charge in [0.1, 0.15) is 11.6 Å². The van der Waals surface area contributed by atoms with Gasteiger partial charge >= 0.3 is 0 Å². The third-order valence-corrected chi connectivity index (χ3v) is 5.41. The number of ether oxygens (including phenoxy) is 1. The predicted octanol–water partition coefficient (Wildman–Crippen LogP) is 4.16. The van der Waals surface area contributed by atoms with Crippen molar-refractivity contribution in [3.05, 3.63) is 70.8 Å². The molecule has 1 heterocycles. The molecule has 1 unspecified atom stereocenters. The summed E-state index contributed by atoms with van der Waals surface area (Å²) in [6.07, 6.45) is -0.461. The molecule has 1 aromatic heterocycles. The molecule has 0 bridgehead atoms. The Kier molecular flexibility index (Phi) is 7.11. The molecule has 0 saturated carbocycles. The Morgan fingerprint density at radius 1 is 1.28 bits per heavy atom. The number of hydrogen-bond donors (Lipinski definition) is 1. The maximum atomic E-state index is 13.2. The zero-order valence-electron chi connectivity index (χ0n) is 15.9. The highest BCUT2D eigenvalue weighted by Crippen LogP contribution is 2.29. The lowest BCUT2D eigenvalue weighted by Crippen LogP contribution is -2.24. The third kappa shape index (κ3) is 5.71. The van der Waals surface area contributed by atoms with Crippen LogP contribution in [0, 0.1) is 5.82 Å². The number of halogens is 2. The van der Waals surface area contributed by atoms with Gasteiger partial charge in [0.05, 0.1) is 10.8 Å². The monoisotopic (exact) mass is 434 g/mol. The molecule has 1 N–H and O–H groups in total. The Balaban J connectivity index is 1.55. The van der Waals surface area contributed by atoms with Gasteiger partial charge in [-0.25, -0.2) is 4.39 Å². The Morgan fingerprint density at radius 3 is 2.76 bits per heavy atom. The summed E-state index contributed by atoms with van der Waals surface area (Å²) in [5.74, 6) is 0.622. The van der Waals surface area contributed by atoms with E-state index in [1.54, 1.807) is 18.5 Å². The molecule has 9 heteroatoms. The summed E-state index contributed by atoms with van der Waals surface area (Å²) in [5.41, 5.74) is 1.04. The van der Waals surface area contributed by atoms with Crippen LogP contribution in [0.3, 0.4) is 0 Å². The minimum absolute atomic E-state index is 0.0919. The van der Waals surface area contributed by atoms with Crippen molar-refractivity contribution in [3.63, 3.8) is 0 Å². The van der Waals surface area contributed by atoms with E-state index in [9.17, 15) is 9.18 Å². The van der Waals surface area contributed by atoms with Crippen molar-refractivity contribution in [2.75, 3.05) is 5.75 Å². The first-order chi connectivity index (χ1) is 13.9. The van der Waals surface area contributed by atoms with Crippen molar-refractivity contribution in [2.45, 2.75) is 24.7 Å². The molecule has 0 aliphatic rings. The number of thioether (sulfide) groups is 1. The van der Waals surface area contributed by atoms with E-state index in [0.29, 0.717) is 23.3 Å². The molecule has 0 aliphatic carbocycles. The van der Waals surface area contributed by atoms with Gasteiger partial charge in [0, 0.05) is 13.6 Å². The normalized spacial score (nSPS) is 11.9. The van der Waals surface area contributed by atoms with Gasteiger partial charge in [0.25, 0.3) is 0 Å². The number of carbonyl (C=O) groups is 1.